The van der Waals surface area contributed by atoms with Gasteiger partial charge in [-0.05, 0) is 31.4 Å². The standard InChI is InChI=1S/C14H20N4/c1-10-4-5-11(2)12(8-10)9-13(17-15)14-16-6-7-18(14)3/h4-8,13,17H,9,15H2,1-3H3. The number of hydrogen-bond acceptors (Lipinski definition) is 3. The van der Waals surface area contributed by atoms with Gasteiger partial charge >= 0.3 is 0 Å². The van der Waals surface area contributed by atoms with Crippen molar-refractivity contribution >= 4 is 0 Å². The van der Waals surface area contributed by atoms with Gasteiger partial charge in [-0.3, -0.25) is 5.84 Å². The van der Waals surface area contributed by atoms with Crippen molar-refractivity contribution in [3.63, 3.8) is 0 Å². The Bertz CT molecular complexity index is 530. The summed E-state index contributed by atoms with van der Waals surface area (Å²) < 4.78 is 2.00. The molecule has 0 aliphatic rings. The zero-order chi connectivity index (χ0) is 13.1. The summed E-state index contributed by atoms with van der Waals surface area (Å²) in [5.74, 6) is 6.62. The zero-order valence-electron chi connectivity index (χ0n) is 11.1. The van der Waals surface area contributed by atoms with E-state index in [0.29, 0.717) is 0 Å². The summed E-state index contributed by atoms with van der Waals surface area (Å²) in [6.45, 7) is 4.23. The van der Waals surface area contributed by atoms with Gasteiger partial charge in [-0.25, -0.2) is 10.4 Å². The highest BCUT2D eigenvalue weighted by Gasteiger charge is 2.15. The van der Waals surface area contributed by atoms with Crippen molar-refractivity contribution in [2.45, 2.75) is 26.3 Å². The van der Waals surface area contributed by atoms with E-state index in [4.69, 9.17) is 5.84 Å². The molecule has 96 valence electrons. The van der Waals surface area contributed by atoms with E-state index >= 15 is 0 Å². The van der Waals surface area contributed by atoms with Gasteiger partial charge < -0.3 is 4.57 Å². The Labute approximate surface area is 108 Å². The molecule has 1 heterocycles. The molecule has 0 aliphatic carbocycles. The molecule has 0 bridgehead atoms. The number of benzene rings is 1. The van der Waals surface area contributed by atoms with E-state index in [9.17, 15) is 0 Å². The van der Waals surface area contributed by atoms with Crippen molar-refractivity contribution < 1.29 is 0 Å². The molecule has 0 radical (unpaired) electrons. The van der Waals surface area contributed by atoms with E-state index in [-0.39, 0.29) is 6.04 Å². The van der Waals surface area contributed by atoms with Gasteiger partial charge in [-0.2, -0.15) is 0 Å². The zero-order valence-corrected chi connectivity index (χ0v) is 11.1. The Morgan fingerprint density at radius 1 is 1.39 bits per heavy atom. The summed E-state index contributed by atoms with van der Waals surface area (Å²) in [6.07, 6.45) is 4.57. The lowest BCUT2D eigenvalue weighted by atomic mass is 9.99. The van der Waals surface area contributed by atoms with Gasteiger partial charge in [-0.1, -0.05) is 23.8 Å². The quantitative estimate of drug-likeness (QED) is 0.637. The Hall–Kier alpha value is -1.65. The largest absolute Gasteiger partial charge is 0.337 e. The first-order chi connectivity index (χ1) is 8.61. The lowest BCUT2D eigenvalue weighted by Gasteiger charge is -2.17. The maximum absolute atomic E-state index is 5.67. The van der Waals surface area contributed by atoms with E-state index in [1.54, 1.807) is 6.20 Å². The average molecular weight is 244 g/mol. The number of aromatic nitrogens is 2. The predicted octanol–water partition coefficient (Wildman–Crippen LogP) is 1.78. The van der Waals surface area contributed by atoms with Crippen molar-refractivity contribution in [3.05, 3.63) is 53.1 Å². The fourth-order valence-corrected chi connectivity index (χ4v) is 2.18. The van der Waals surface area contributed by atoms with Crippen LogP contribution in [-0.2, 0) is 13.5 Å². The van der Waals surface area contributed by atoms with E-state index in [2.05, 4.69) is 42.5 Å². The molecule has 3 N–H and O–H groups in total. The molecule has 4 nitrogen and oxygen atoms in total. The average Bonchev–Trinajstić information content (AvgIpc) is 2.77. The maximum Gasteiger partial charge on any atom is 0.127 e. The van der Waals surface area contributed by atoms with Crippen LogP contribution in [0.15, 0.2) is 30.6 Å². The Morgan fingerprint density at radius 2 is 2.17 bits per heavy atom. The third-order valence-corrected chi connectivity index (χ3v) is 3.30. The predicted molar refractivity (Wildman–Crippen MR) is 72.9 cm³/mol. The Morgan fingerprint density at radius 3 is 2.78 bits per heavy atom. The summed E-state index contributed by atoms with van der Waals surface area (Å²) >= 11 is 0. The summed E-state index contributed by atoms with van der Waals surface area (Å²) in [7, 11) is 1.98. The Balaban J connectivity index is 2.26. The number of rotatable bonds is 4. The maximum atomic E-state index is 5.67. The third-order valence-electron chi connectivity index (χ3n) is 3.30. The van der Waals surface area contributed by atoms with Crippen LogP contribution < -0.4 is 11.3 Å². The van der Waals surface area contributed by atoms with Crippen molar-refractivity contribution in [1.29, 1.82) is 0 Å². The third kappa shape index (κ3) is 2.60. The molecule has 1 unspecified atom stereocenters. The van der Waals surface area contributed by atoms with Gasteiger partial charge in [0.05, 0.1) is 6.04 Å². The van der Waals surface area contributed by atoms with Crippen LogP contribution in [0.4, 0.5) is 0 Å². The van der Waals surface area contributed by atoms with Crippen molar-refractivity contribution in [2.75, 3.05) is 0 Å². The summed E-state index contributed by atoms with van der Waals surface area (Å²) in [6, 6.07) is 6.52. The van der Waals surface area contributed by atoms with Crippen LogP contribution in [0, 0.1) is 13.8 Å². The van der Waals surface area contributed by atoms with E-state index in [1.165, 1.54) is 16.7 Å². The van der Waals surface area contributed by atoms with Crippen LogP contribution in [0.5, 0.6) is 0 Å². The van der Waals surface area contributed by atoms with Crippen LogP contribution in [0.2, 0.25) is 0 Å². The summed E-state index contributed by atoms with van der Waals surface area (Å²) in [4.78, 5) is 4.36. The van der Waals surface area contributed by atoms with Crippen molar-refractivity contribution in [3.8, 4) is 0 Å². The molecule has 4 heteroatoms. The minimum atomic E-state index is 0.0329. The first-order valence-electron chi connectivity index (χ1n) is 6.11. The highest BCUT2D eigenvalue weighted by molar-refractivity contribution is 5.31. The summed E-state index contributed by atoms with van der Waals surface area (Å²) in [5, 5.41) is 0. The van der Waals surface area contributed by atoms with Crippen molar-refractivity contribution in [1.82, 2.24) is 15.0 Å². The van der Waals surface area contributed by atoms with E-state index < -0.39 is 0 Å². The molecule has 18 heavy (non-hydrogen) atoms. The lowest BCUT2D eigenvalue weighted by molar-refractivity contribution is 0.506. The number of nitrogens with one attached hydrogen (secondary N) is 1. The van der Waals surface area contributed by atoms with Gasteiger partial charge in [0.2, 0.25) is 0 Å². The first kappa shape index (κ1) is 12.8. The minimum absolute atomic E-state index is 0.0329. The molecule has 0 spiro atoms. The lowest BCUT2D eigenvalue weighted by Crippen LogP contribution is -2.31. The van der Waals surface area contributed by atoms with Gasteiger partial charge in [-0.15, -0.1) is 0 Å². The van der Waals surface area contributed by atoms with Crippen LogP contribution in [0.3, 0.4) is 0 Å². The first-order valence-corrected chi connectivity index (χ1v) is 6.11. The van der Waals surface area contributed by atoms with E-state index in [1.807, 2.05) is 17.8 Å². The molecule has 2 rings (SSSR count). The molecule has 0 amide bonds. The second-order valence-corrected chi connectivity index (χ2v) is 4.75. The number of hydrogen-bond donors (Lipinski definition) is 2. The van der Waals surface area contributed by atoms with E-state index in [0.717, 1.165) is 12.2 Å². The SMILES string of the molecule is Cc1ccc(C)c(CC(NN)c2nccn2C)c1. The topological polar surface area (TPSA) is 55.9 Å². The normalized spacial score (nSPS) is 12.7. The van der Waals surface area contributed by atoms with Crippen LogP contribution >= 0.6 is 0 Å². The minimum Gasteiger partial charge on any atom is -0.337 e. The van der Waals surface area contributed by atoms with Crippen LogP contribution in [0.1, 0.15) is 28.6 Å². The molecule has 2 aromatic rings. The van der Waals surface area contributed by atoms with Gasteiger partial charge in [0.1, 0.15) is 5.82 Å². The molecule has 0 saturated carbocycles. The number of hydrazine groups is 1. The number of nitrogens with two attached hydrogens (primary N) is 1. The fraction of sp³-hybridized carbons (Fsp3) is 0.357. The number of aryl methyl sites for hydroxylation is 3. The molecule has 1 aromatic heterocycles. The fourth-order valence-electron chi connectivity index (χ4n) is 2.18. The molecule has 0 aliphatic heterocycles. The van der Waals surface area contributed by atoms with Gasteiger partial charge in [0.25, 0.3) is 0 Å². The molecular formula is C14H20N4. The number of nitrogens with zero attached hydrogens (tertiary/aromatic N) is 2. The molecule has 1 atom stereocenters. The Kier molecular flexibility index (Phi) is 3.79. The highest BCUT2D eigenvalue weighted by Crippen LogP contribution is 2.19. The van der Waals surface area contributed by atoms with Gasteiger partial charge in [0, 0.05) is 19.4 Å². The highest BCUT2D eigenvalue weighted by atomic mass is 15.3. The second-order valence-electron chi connectivity index (χ2n) is 4.75. The van der Waals surface area contributed by atoms with Crippen molar-refractivity contribution in [2.24, 2.45) is 12.9 Å². The molecular weight excluding hydrogens is 224 g/mol. The van der Waals surface area contributed by atoms with Crippen LogP contribution in [0.25, 0.3) is 0 Å². The monoisotopic (exact) mass is 244 g/mol. The van der Waals surface area contributed by atoms with Gasteiger partial charge in [0.15, 0.2) is 0 Å². The smallest absolute Gasteiger partial charge is 0.127 e. The number of imidazole rings is 1. The van der Waals surface area contributed by atoms with Crippen LogP contribution in [-0.4, -0.2) is 9.55 Å². The summed E-state index contributed by atoms with van der Waals surface area (Å²) in [5.41, 5.74) is 6.72. The molecule has 0 fully saturated rings. The molecule has 1 aromatic carbocycles. The molecule has 0 saturated heterocycles. The second kappa shape index (κ2) is 5.33.